The van der Waals surface area contributed by atoms with Crippen molar-refractivity contribution in [2.75, 3.05) is 18.4 Å². The number of carbonyl (C=O) groups excluding carboxylic acids is 3. The highest BCUT2D eigenvalue weighted by molar-refractivity contribution is 6.02. The van der Waals surface area contributed by atoms with Crippen molar-refractivity contribution < 1.29 is 14.4 Å². The first-order valence-electron chi connectivity index (χ1n) is 10.4. The maximum absolute atomic E-state index is 12.5. The molecular formula is C24H26N2O3. The third kappa shape index (κ3) is 4.73. The Labute approximate surface area is 171 Å². The Kier molecular flexibility index (Phi) is 5.74. The summed E-state index contributed by atoms with van der Waals surface area (Å²) >= 11 is 0. The number of hydrogen-bond acceptors (Lipinski definition) is 3. The summed E-state index contributed by atoms with van der Waals surface area (Å²) in [7, 11) is 0. The molecule has 2 amide bonds. The Morgan fingerprint density at radius 2 is 1.76 bits per heavy atom. The van der Waals surface area contributed by atoms with Gasteiger partial charge in [0.2, 0.25) is 11.8 Å². The second kappa shape index (κ2) is 8.60. The summed E-state index contributed by atoms with van der Waals surface area (Å²) < 4.78 is 0. The van der Waals surface area contributed by atoms with Crippen LogP contribution in [0.2, 0.25) is 0 Å². The summed E-state index contributed by atoms with van der Waals surface area (Å²) in [6.45, 7) is 1.55. The number of Topliss-reactive ketones (excluding diaryl/α,β-unsaturated/α-hetero) is 1. The van der Waals surface area contributed by atoms with Gasteiger partial charge in [-0.25, -0.2) is 0 Å². The molecule has 0 atom stereocenters. The number of nitrogens with one attached hydrogen (secondary N) is 1. The molecule has 0 aromatic heterocycles. The maximum atomic E-state index is 12.5. The van der Waals surface area contributed by atoms with Crippen molar-refractivity contribution in [2.24, 2.45) is 5.92 Å². The van der Waals surface area contributed by atoms with E-state index in [4.69, 9.17) is 0 Å². The molecule has 2 aliphatic rings. The maximum Gasteiger partial charge on any atom is 0.228 e. The largest absolute Gasteiger partial charge is 0.343 e. The topological polar surface area (TPSA) is 66.5 Å². The van der Waals surface area contributed by atoms with Gasteiger partial charge < -0.3 is 10.2 Å². The van der Waals surface area contributed by atoms with Gasteiger partial charge in [0.1, 0.15) is 0 Å². The fraction of sp³-hybridized carbons (Fsp3) is 0.375. The Morgan fingerprint density at radius 1 is 1.00 bits per heavy atom. The molecule has 29 heavy (non-hydrogen) atoms. The Balaban J connectivity index is 1.24. The first-order valence-corrected chi connectivity index (χ1v) is 10.4. The number of anilines is 1. The van der Waals surface area contributed by atoms with Gasteiger partial charge in [-0.2, -0.15) is 0 Å². The lowest BCUT2D eigenvalue weighted by Gasteiger charge is -2.32. The summed E-state index contributed by atoms with van der Waals surface area (Å²) in [6.07, 6.45) is 3.87. The van der Waals surface area contributed by atoms with E-state index in [9.17, 15) is 14.4 Å². The monoisotopic (exact) mass is 390 g/mol. The van der Waals surface area contributed by atoms with Crippen LogP contribution in [0.1, 0.15) is 47.2 Å². The van der Waals surface area contributed by atoms with E-state index in [2.05, 4.69) is 29.6 Å². The molecule has 4 rings (SSSR count). The van der Waals surface area contributed by atoms with Gasteiger partial charge >= 0.3 is 0 Å². The van der Waals surface area contributed by atoms with Crippen LogP contribution in [0.4, 0.5) is 5.69 Å². The minimum atomic E-state index is -0.0459. The molecule has 0 unspecified atom stereocenters. The number of carbonyl (C=O) groups is 3. The Bertz CT molecular complexity index is 915. The summed E-state index contributed by atoms with van der Waals surface area (Å²) in [5, 5.41) is 2.76. The molecule has 2 heterocycles. The molecule has 1 N–H and O–H groups in total. The normalized spacial score (nSPS) is 16.4. The van der Waals surface area contributed by atoms with Gasteiger partial charge in [0, 0.05) is 37.2 Å². The molecule has 0 aliphatic carbocycles. The molecule has 1 saturated heterocycles. The molecular weight excluding hydrogens is 364 g/mol. The summed E-state index contributed by atoms with van der Waals surface area (Å²) in [6, 6.07) is 15.8. The lowest BCUT2D eigenvalue weighted by molar-refractivity contribution is -0.132. The van der Waals surface area contributed by atoms with Gasteiger partial charge in [-0.15, -0.1) is 0 Å². The minimum Gasteiger partial charge on any atom is -0.343 e. The van der Waals surface area contributed by atoms with Crippen molar-refractivity contribution in [2.45, 2.75) is 38.5 Å². The van der Waals surface area contributed by atoms with E-state index in [1.807, 2.05) is 11.0 Å². The number of amides is 2. The van der Waals surface area contributed by atoms with E-state index in [-0.39, 0.29) is 30.4 Å². The Morgan fingerprint density at radius 3 is 2.52 bits per heavy atom. The van der Waals surface area contributed by atoms with E-state index < -0.39 is 0 Å². The number of likely N-dealkylation sites (tertiary alicyclic amines) is 1. The van der Waals surface area contributed by atoms with E-state index >= 15 is 0 Å². The van der Waals surface area contributed by atoms with Crippen molar-refractivity contribution in [3.8, 4) is 0 Å². The molecule has 5 heteroatoms. The molecule has 0 bridgehead atoms. The average Bonchev–Trinajstić information content (AvgIpc) is 3.12. The van der Waals surface area contributed by atoms with E-state index in [0.29, 0.717) is 17.9 Å². The molecule has 2 aliphatic heterocycles. The van der Waals surface area contributed by atoms with Crippen LogP contribution in [0.15, 0.2) is 48.5 Å². The third-order valence-corrected chi connectivity index (χ3v) is 5.95. The van der Waals surface area contributed by atoms with Crippen LogP contribution < -0.4 is 5.32 Å². The van der Waals surface area contributed by atoms with Crippen molar-refractivity contribution in [1.82, 2.24) is 4.90 Å². The fourth-order valence-corrected chi connectivity index (χ4v) is 4.26. The lowest BCUT2D eigenvalue weighted by Crippen LogP contribution is -2.39. The number of rotatable bonds is 6. The number of nitrogens with zero attached hydrogens (tertiary/aromatic N) is 1. The third-order valence-electron chi connectivity index (χ3n) is 5.95. The molecule has 5 nitrogen and oxygen atoms in total. The van der Waals surface area contributed by atoms with Crippen molar-refractivity contribution >= 4 is 23.3 Å². The zero-order chi connectivity index (χ0) is 20.2. The van der Waals surface area contributed by atoms with Crippen LogP contribution in [0.3, 0.4) is 0 Å². The molecule has 0 saturated carbocycles. The Hall–Kier alpha value is -2.95. The molecule has 2 aromatic carbocycles. The molecule has 2 aromatic rings. The van der Waals surface area contributed by atoms with Crippen molar-refractivity contribution in [3.05, 3.63) is 65.2 Å². The quantitative estimate of drug-likeness (QED) is 0.766. The van der Waals surface area contributed by atoms with Gasteiger partial charge in [0.15, 0.2) is 5.78 Å². The second-order valence-electron chi connectivity index (χ2n) is 8.03. The summed E-state index contributed by atoms with van der Waals surface area (Å²) in [5.41, 5.74) is 3.57. The highest BCUT2D eigenvalue weighted by Crippen LogP contribution is 2.25. The highest BCUT2D eigenvalue weighted by Gasteiger charge is 2.24. The van der Waals surface area contributed by atoms with E-state index in [1.165, 1.54) is 5.56 Å². The van der Waals surface area contributed by atoms with Crippen LogP contribution in [0.5, 0.6) is 0 Å². The molecule has 150 valence electrons. The fourth-order valence-electron chi connectivity index (χ4n) is 4.26. The number of ketones is 1. The standard InChI is InChI=1S/C24H26N2O3/c27-22(19-6-7-21-20(15-19)16-23(28)25-21)8-9-24(29)26-12-10-18(11-13-26)14-17-4-2-1-3-5-17/h1-7,15,18H,8-14,16H2,(H,25,28). The number of fused-ring (bicyclic) bond motifs is 1. The van der Waals surface area contributed by atoms with E-state index in [1.54, 1.807) is 18.2 Å². The van der Waals surface area contributed by atoms with Gasteiger partial charge in [0.25, 0.3) is 0 Å². The second-order valence-corrected chi connectivity index (χ2v) is 8.03. The predicted octanol–water partition coefficient (Wildman–Crippen LogP) is 3.63. The molecule has 1 fully saturated rings. The number of hydrogen-bond donors (Lipinski definition) is 1. The van der Waals surface area contributed by atoms with Crippen LogP contribution >= 0.6 is 0 Å². The smallest absolute Gasteiger partial charge is 0.228 e. The van der Waals surface area contributed by atoms with Gasteiger partial charge in [0.05, 0.1) is 6.42 Å². The summed E-state index contributed by atoms with van der Waals surface area (Å²) in [5.74, 6) is 0.593. The highest BCUT2D eigenvalue weighted by atomic mass is 16.2. The number of piperidine rings is 1. The van der Waals surface area contributed by atoms with E-state index in [0.717, 1.165) is 43.6 Å². The average molecular weight is 390 g/mol. The van der Waals surface area contributed by atoms with Gasteiger partial charge in [-0.1, -0.05) is 30.3 Å². The zero-order valence-electron chi connectivity index (χ0n) is 16.5. The molecule has 0 spiro atoms. The van der Waals surface area contributed by atoms with Crippen LogP contribution in [-0.2, 0) is 22.4 Å². The summed E-state index contributed by atoms with van der Waals surface area (Å²) in [4.78, 5) is 38.4. The van der Waals surface area contributed by atoms with Gasteiger partial charge in [-0.05, 0) is 54.5 Å². The molecule has 0 radical (unpaired) electrons. The zero-order valence-corrected chi connectivity index (χ0v) is 16.5. The van der Waals surface area contributed by atoms with Crippen LogP contribution in [0.25, 0.3) is 0 Å². The van der Waals surface area contributed by atoms with Crippen LogP contribution in [0, 0.1) is 5.92 Å². The first-order chi connectivity index (χ1) is 14.1. The lowest BCUT2D eigenvalue weighted by atomic mass is 9.90. The van der Waals surface area contributed by atoms with Crippen molar-refractivity contribution in [1.29, 1.82) is 0 Å². The van der Waals surface area contributed by atoms with Gasteiger partial charge in [-0.3, -0.25) is 14.4 Å². The predicted molar refractivity (Wildman–Crippen MR) is 112 cm³/mol. The van der Waals surface area contributed by atoms with Crippen molar-refractivity contribution in [3.63, 3.8) is 0 Å². The minimum absolute atomic E-state index is 0.0422. The SMILES string of the molecule is O=C1Cc2cc(C(=O)CCC(=O)N3CCC(Cc4ccccc4)CC3)ccc2N1. The number of benzene rings is 2. The van der Waals surface area contributed by atoms with Crippen LogP contribution in [-0.4, -0.2) is 35.6 Å². The first kappa shape index (κ1) is 19.4.